The molecule has 2 rings (SSSR count). The minimum absolute atomic E-state index is 0.199. The fourth-order valence-electron chi connectivity index (χ4n) is 2.24. The maximum absolute atomic E-state index is 12.6. The van der Waals surface area contributed by atoms with E-state index in [-0.39, 0.29) is 11.8 Å². The van der Waals surface area contributed by atoms with Crippen LogP contribution in [0.15, 0.2) is 29.2 Å². The number of rotatable bonds is 5. The van der Waals surface area contributed by atoms with Crippen LogP contribution in [-0.4, -0.2) is 43.9 Å². The molecule has 1 atom stereocenters. The largest absolute Gasteiger partial charge is 0.385 e. The summed E-state index contributed by atoms with van der Waals surface area (Å²) in [5.41, 5.74) is 0.845. The minimum Gasteiger partial charge on any atom is -0.385 e. The van der Waals surface area contributed by atoms with Gasteiger partial charge in [-0.25, -0.2) is 0 Å². The molecule has 1 aromatic rings. The van der Waals surface area contributed by atoms with Gasteiger partial charge in [-0.2, -0.15) is 0 Å². The second kappa shape index (κ2) is 6.49. The zero-order valence-electron chi connectivity index (χ0n) is 12.5. The number of fused-ring (bicyclic) bond motifs is 1. The van der Waals surface area contributed by atoms with Crippen LogP contribution in [0, 0.1) is 0 Å². The van der Waals surface area contributed by atoms with Gasteiger partial charge in [0, 0.05) is 32.2 Å². The number of thioether (sulfide) groups is 1. The van der Waals surface area contributed by atoms with Crippen molar-refractivity contribution < 1.29 is 14.3 Å². The summed E-state index contributed by atoms with van der Waals surface area (Å²) in [6.45, 7) is 2.76. The summed E-state index contributed by atoms with van der Waals surface area (Å²) in [6.07, 6.45) is 0.726. The van der Waals surface area contributed by atoms with Crippen molar-refractivity contribution in [2.75, 3.05) is 32.2 Å². The van der Waals surface area contributed by atoms with E-state index in [1.54, 1.807) is 26.0 Å². The monoisotopic (exact) mass is 308 g/mol. The first-order valence-electron chi connectivity index (χ1n) is 6.84. The van der Waals surface area contributed by atoms with E-state index < -0.39 is 4.75 Å². The molecule has 5 nitrogen and oxygen atoms in total. The lowest BCUT2D eigenvalue weighted by atomic mass is 10.1. The molecule has 0 spiro atoms. The maximum atomic E-state index is 12.6. The number of nitrogens with zero attached hydrogens (tertiary/aromatic N) is 1. The molecule has 1 aromatic carbocycles. The number of anilines is 1. The summed E-state index contributed by atoms with van der Waals surface area (Å²) >= 11 is 1.31. The summed E-state index contributed by atoms with van der Waals surface area (Å²) in [4.78, 5) is 27.5. The third-order valence-electron chi connectivity index (χ3n) is 3.50. The fourth-order valence-corrected chi connectivity index (χ4v) is 3.53. The van der Waals surface area contributed by atoms with Crippen molar-refractivity contribution >= 4 is 29.3 Å². The van der Waals surface area contributed by atoms with Crippen molar-refractivity contribution in [3.8, 4) is 0 Å². The summed E-state index contributed by atoms with van der Waals surface area (Å²) in [5, 5.41) is 2.82. The average Bonchev–Trinajstić information content (AvgIpc) is 2.49. The number of carbonyl (C=O) groups is 2. The van der Waals surface area contributed by atoms with Crippen LogP contribution >= 0.6 is 11.8 Å². The van der Waals surface area contributed by atoms with Crippen molar-refractivity contribution in [3.05, 3.63) is 24.3 Å². The van der Waals surface area contributed by atoms with Gasteiger partial charge < -0.3 is 15.0 Å². The number of para-hydroxylation sites is 1. The van der Waals surface area contributed by atoms with E-state index in [1.807, 2.05) is 24.3 Å². The highest BCUT2D eigenvalue weighted by molar-refractivity contribution is 8.02. The van der Waals surface area contributed by atoms with E-state index in [0.29, 0.717) is 13.2 Å². The van der Waals surface area contributed by atoms with Gasteiger partial charge in [0.05, 0.1) is 5.69 Å². The van der Waals surface area contributed by atoms with Crippen LogP contribution in [-0.2, 0) is 14.3 Å². The van der Waals surface area contributed by atoms with Crippen molar-refractivity contribution in [1.82, 2.24) is 5.32 Å². The van der Waals surface area contributed by atoms with Gasteiger partial charge >= 0.3 is 0 Å². The van der Waals surface area contributed by atoms with Gasteiger partial charge in [0.2, 0.25) is 5.91 Å². The Hall–Kier alpha value is -1.53. The molecule has 1 aliphatic rings. The highest BCUT2D eigenvalue weighted by Crippen LogP contribution is 2.44. The zero-order valence-corrected chi connectivity index (χ0v) is 13.3. The third kappa shape index (κ3) is 3.06. The van der Waals surface area contributed by atoms with Crippen molar-refractivity contribution in [2.24, 2.45) is 0 Å². The Labute approximate surface area is 129 Å². The number of nitrogens with one attached hydrogen (secondary N) is 1. The van der Waals surface area contributed by atoms with E-state index in [2.05, 4.69) is 5.32 Å². The molecule has 2 amide bonds. The number of hydrogen-bond donors (Lipinski definition) is 1. The van der Waals surface area contributed by atoms with Gasteiger partial charge in [-0.1, -0.05) is 23.9 Å². The summed E-state index contributed by atoms with van der Waals surface area (Å²) in [7, 11) is 3.33. The maximum Gasteiger partial charge on any atom is 0.252 e. The molecule has 0 fully saturated rings. The number of benzene rings is 1. The minimum atomic E-state index is -1.13. The van der Waals surface area contributed by atoms with E-state index in [0.717, 1.165) is 17.0 Å². The molecule has 0 saturated heterocycles. The first-order valence-corrected chi connectivity index (χ1v) is 7.66. The lowest BCUT2D eigenvalue weighted by molar-refractivity contribution is -0.131. The second-order valence-corrected chi connectivity index (χ2v) is 6.53. The van der Waals surface area contributed by atoms with Crippen LogP contribution in [0.5, 0.6) is 0 Å². The Bertz CT molecular complexity index is 549. The Kier molecular flexibility index (Phi) is 4.90. The summed E-state index contributed by atoms with van der Waals surface area (Å²) in [5.74, 6) is -0.453. The number of amides is 2. The molecule has 0 bridgehead atoms. The van der Waals surface area contributed by atoms with Crippen molar-refractivity contribution in [2.45, 2.75) is 23.0 Å². The number of methoxy groups -OCH3 is 1. The Morgan fingerprint density at radius 1 is 1.43 bits per heavy atom. The molecule has 1 unspecified atom stereocenters. The van der Waals surface area contributed by atoms with Gasteiger partial charge in [-0.05, 0) is 25.5 Å². The van der Waals surface area contributed by atoms with Crippen LogP contribution < -0.4 is 10.2 Å². The van der Waals surface area contributed by atoms with Gasteiger partial charge in [-0.15, -0.1) is 0 Å². The molecule has 21 heavy (non-hydrogen) atoms. The molecule has 0 saturated carbocycles. The Morgan fingerprint density at radius 2 is 2.14 bits per heavy atom. The predicted octanol–water partition coefficient (Wildman–Crippen LogP) is 1.67. The molecule has 0 aliphatic carbocycles. The topological polar surface area (TPSA) is 58.6 Å². The number of ether oxygens (including phenoxy) is 1. The quantitative estimate of drug-likeness (QED) is 0.664. The van der Waals surface area contributed by atoms with Gasteiger partial charge in [0.15, 0.2) is 4.75 Å². The highest BCUT2D eigenvalue weighted by Gasteiger charge is 2.47. The van der Waals surface area contributed by atoms with Crippen LogP contribution in [0.4, 0.5) is 5.69 Å². The smallest absolute Gasteiger partial charge is 0.252 e. The van der Waals surface area contributed by atoms with Crippen molar-refractivity contribution in [3.63, 3.8) is 0 Å². The third-order valence-corrected chi connectivity index (χ3v) is 4.83. The molecule has 1 N–H and O–H groups in total. The standard InChI is InChI=1S/C15H20N2O3S/c1-15(13(18)16-9-6-10-20-3)14(19)17(2)11-7-4-5-8-12(11)21-15/h4-5,7-8H,6,9-10H2,1-3H3,(H,16,18). The first-order chi connectivity index (χ1) is 10.0. The molecule has 114 valence electrons. The first kappa shape index (κ1) is 15.9. The molecular weight excluding hydrogens is 288 g/mol. The lowest BCUT2D eigenvalue weighted by Gasteiger charge is -2.36. The normalized spacial score (nSPS) is 21.1. The number of hydrogen-bond acceptors (Lipinski definition) is 4. The second-order valence-electron chi connectivity index (χ2n) is 5.07. The average molecular weight is 308 g/mol. The zero-order chi connectivity index (χ0) is 15.5. The number of carbonyl (C=O) groups excluding carboxylic acids is 2. The summed E-state index contributed by atoms with van der Waals surface area (Å²) in [6, 6.07) is 7.61. The predicted molar refractivity (Wildman–Crippen MR) is 83.6 cm³/mol. The Balaban J connectivity index is 2.15. The molecule has 6 heteroatoms. The molecule has 0 aromatic heterocycles. The highest BCUT2D eigenvalue weighted by atomic mass is 32.2. The SMILES string of the molecule is COCCCNC(=O)C1(C)Sc2ccccc2N(C)C1=O. The lowest BCUT2D eigenvalue weighted by Crippen LogP contribution is -2.55. The molecule has 1 heterocycles. The fraction of sp³-hybridized carbons (Fsp3) is 0.467. The van der Waals surface area contributed by atoms with Gasteiger partial charge in [0.1, 0.15) is 0 Å². The van der Waals surface area contributed by atoms with Gasteiger partial charge in [-0.3, -0.25) is 9.59 Å². The van der Waals surface area contributed by atoms with E-state index >= 15 is 0 Å². The Morgan fingerprint density at radius 3 is 2.86 bits per heavy atom. The molecular formula is C15H20N2O3S. The molecule has 0 radical (unpaired) electrons. The van der Waals surface area contributed by atoms with E-state index in [1.165, 1.54) is 11.8 Å². The van der Waals surface area contributed by atoms with Crippen molar-refractivity contribution in [1.29, 1.82) is 0 Å². The molecule has 1 aliphatic heterocycles. The van der Waals surface area contributed by atoms with Gasteiger partial charge in [0.25, 0.3) is 5.91 Å². The summed E-state index contributed by atoms with van der Waals surface area (Å²) < 4.78 is 3.82. The van der Waals surface area contributed by atoms with Crippen LogP contribution in [0.3, 0.4) is 0 Å². The van der Waals surface area contributed by atoms with Crippen LogP contribution in [0.1, 0.15) is 13.3 Å². The van der Waals surface area contributed by atoms with E-state index in [4.69, 9.17) is 4.74 Å². The van der Waals surface area contributed by atoms with Crippen LogP contribution in [0.2, 0.25) is 0 Å². The van der Waals surface area contributed by atoms with E-state index in [9.17, 15) is 9.59 Å². The van der Waals surface area contributed by atoms with Crippen LogP contribution in [0.25, 0.3) is 0 Å².